The minimum Gasteiger partial charge on any atom is -0.326 e. The molecular formula is C20H24N2O3S. The van der Waals surface area contributed by atoms with Crippen molar-refractivity contribution in [1.29, 1.82) is 0 Å². The van der Waals surface area contributed by atoms with Crippen LogP contribution in [-0.4, -0.2) is 20.4 Å². The predicted octanol–water partition coefficient (Wildman–Crippen LogP) is 4.13. The first-order chi connectivity index (χ1) is 12.3. The molecule has 1 aliphatic rings. The van der Waals surface area contributed by atoms with Crippen molar-refractivity contribution in [2.24, 2.45) is 0 Å². The SMILES string of the molecule is CC(=O)Nc1ccc(N(C2CC2)S(=O)(=O)c2ccc(C(C)C)cc2)cc1. The molecule has 6 heteroatoms. The number of rotatable bonds is 6. The molecule has 0 heterocycles. The smallest absolute Gasteiger partial charge is 0.264 e. The maximum Gasteiger partial charge on any atom is 0.264 e. The van der Waals surface area contributed by atoms with Crippen molar-refractivity contribution in [1.82, 2.24) is 0 Å². The van der Waals surface area contributed by atoms with Crippen LogP contribution in [0.15, 0.2) is 53.4 Å². The van der Waals surface area contributed by atoms with Crippen LogP contribution in [0.1, 0.15) is 45.1 Å². The molecule has 2 aromatic carbocycles. The molecule has 1 saturated carbocycles. The van der Waals surface area contributed by atoms with Gasteiger partial charge >= 0.3 is 0 Å². The van der Waals surface area contributed by atoms with Crippen molar-refractivity contribution in [2.75, 3.05) is 9.62 Å². The van der Waals surface area contributed by atoms with Crippen LogP contribution in [0.4, 0.5) is 11.4 Å². The summed E-state index contributed by atoms with van der Waals surface area (Å²) in [6.07, 6.45) is 1.72. The van der Waals surface area contributed by atoms with Crippen molar-refractivity contribution in [3.05, 3.63) is 54.1 Å². The molecule has 0 aromatic heterocycles. The Morgan fingerprint density at radius 1 is 1.04 bits per heavy atom. The van der Waals surface area contributed by atoms with Crippen molar-refractivity contribution < 1.29 is 13.2 Å². The zero-order chi connectivity index (χ0) is 18.9. The fourth-order valence-electron chi connectivity index (χ4n) is 2.89. The fraction of sp³-hybridized carbons (Fsp3) is 0.350. The van der Waals surface area contributed by atoms with E-state index in [1.54, 1.807) is 36.4 Å². The Kier molecular flexibility index (Phi) is 5.05. The molecule has 138 valence electrons. The summed E-state index contributed by atoms with van der Waals surface area (Å²) in [5.74, 6) is 0.197. The third-order valence-corrected chi connectivity index (χ3v) is 6.32. The number of sulfonamides is 1. The maximum atomic E-state index is 13.2. The van der Waals surface area contributed by atoms with E-state index in [2.05, 4.69) is 19.2 Å². The van der Waals surface area contributed by atoms with Crippen molar-refractivity contribution in [2.45, 2.75) is 50.5 Å². The predicted molar refractivity (Wildman–Crippen MR) is 104 cm³/mol. The molecular weight excluding hydrogens is 348 g/mol. The molecule has 0 spiro atoms. The molecule has 1 N–H and O–H groups in total. The van der Waals surface area contributed by atoms with Crippen LogP contribution in [0.3, 0.4) is 0 Å². The summed E-state index contributed by atoms with van der Waals surface area (Å²) in [6, 6.07) is 14.1. The average Bonchev–Trinajstić information content (AvgIpc) is 3.41. The topological polar surface area (TPSA) is 66.5 Å². The molecule has 0 saturated heterocycles. The largest absolute Gasteiger partial charge is 0.326 e. The lowest BCUT2D eigenvalue weighted by Crippen LogP contribution is -2.33. The molecule has 0 bridgehead atoms. The third kappa shape index (κ3) is 3.90. The second-order valence-corrected chi connectivity index (χ2v) is 8.80. The molecule has 0 aliphatic heterocycles. The van der Waals surface area contributed by atoms with Crippen LogP contribution in [0, 0.1) is 0 Å². The Labute approximate surface area is 155 Å². The van der Waals surface area contributed by atoms with Gasteiger partial charge < -0.3 is 5.32 Å². The second kappa shape index (κ2) is 7.11. The van der Waals surface area contributed by atoms with E-state index < -0.39 is 10.0 Å². The lowest BCUT2D eigenvalue weighted by atomic mass is 10.0. The number of hydrogen-bond acceptors (Lipinski definition) is 3. The third-order valence-electron chi connectivity index (χ3n) is 4.42. The fourth-order valence-corrected chi connectivity index (χ4v) is 4.60. The highest BCUT2D eigenvalue weighted by atomic mass is 32.2. The molecule has 2 aromatic rings. The molecule has 0 unspecified atom stereocenters. The van der Waals surface area contributed by atoms with E-state index in [9.17, 15) is 13.2 Å². The van der Waals surface area contributed by atoms with Gasteiger partial charge in [0.25, 0.3) is 10.0 Å². The number of carbonyl (C=O) groups excluding carboxylic acids is 1. The maximum absolute atomic E-state index is 13.2. The standard InChI is InChI=1S/C20H24N2O3S/c1-14(2)16-4-12-20(13-5-16)26(24,25)22(19-10-11-19)18-8-6-17(7-9-18)21-15(3)23/h4-9,12-14,19H,10-11H2,1-3H3,(H,21,23). The van der Waals surface area contributed by atoms with E-state index in [1.807, 2.05) is 12.1 Å². The first-order valence-electron chi connectivity index (χ1n) is 8.81. The van der Waals surface area contributed by atoms with Crippen molar-refractivity contribution in [3.8, 4) is 0 Å². The van der Waals surface area contributed by atoms with Gasteiger partial charge in [0.2, 0.25) is 5.91 Å². The van der Waals surface area contributed by atoms with Gasteiger partial charge in [-0.15, -0.1) is 0 Å². The van der Waals surface area contributed by atoms with Gasteiger partial charge in [0.1, 0.15) is 0 Å². The van der Waals surface area contributed by atoms with Crippen molar-refractivity contribution >= 4 is 27.3 Å². The Bertz CT molecular complexity index is 884. The average molecular weight is 372 g/mol. The van der Waals surface area contributed by atoms with Gasteiger partial charge in [-0.05, 0) is 60.7 Å². The number of nitrogens with one attached hydrogen (secondary N) is 1. The van der Waals surface area contributed by atoms with E-state index in [0.29, 0.717) is 22.2 Å². The van der Waals surface area contributed by atoms with Crippen LogP contribution in [-0.2, 0) is 14.8 Å². The van der Waals surface area contributed by atoms with Crippen LogP contribution in [0.25, 0.3) is 0 Å². The minimum atomic E-state index is -3.62. The molecule has 0 radical (unpaired) electrons. The van der Waals surface area contributed by atoms with Crippen LogP contribution in [0.2, 0.25) is 0 Å². The Morgan fingerprint density at radius 2 is 1.62 bits per heavy atom. The van der Waals surface area contributed by atoms with Crippen molar-refractivity contribution in [3.63, 3.8) is 0 Å². The summed E-state index contributed by atoms with van der Waals surface area (Å²) < 4.78 is 27.9. The van der Waals surface area contributed by atoms with Gasteiger partial charge in [0.15, 0.2) is 0 Å². The molecule has 5 nitrogen and oxygen atoms in total. The monoisotopic (exact) mass is 372 g/mol. The van der Waals surface area contributed by atoms with Crippen LogP contribution in [0.5, 0.6) is 0 Å². The molecule has 3 rings (SSSR count). The van der Waals surface area contributed by atoms with E-state index >= 15 is 0 Å². The number of hydrogen-bond donors (Lipinski definition) is 1. The normalized spacial score (nSPS) is 14.3. The molecule has 0 atom stereocenters. The van der Waals surface area contributed by atoms with Gasteiger partial charge in [0, 0.05) is 18.7 Å². The van der Waals surface area contributed by atoms with E-state index in [0.717, 1.165) is 18.4 Å². The zero-order valence-electron chi connectivity index (χ0n) is 15.3. The van der Waals surface area contributed by atoms with E-state index in [4.69, 9.17) is 0 Å². The lowest BCUT2D eigenvalue weighted by Gasteiger charge is -2.25. The van der Waals surface area contributed by atoms with Gasteiger partial charge in [-0.3, -0.25) is 9.10 Å². The summed E-state index contributed by atoms with van der Waals surface area (Å²) in [6.45, 7) is 5.60. The summed E-state index contributed by atoms with van der Waals surface area (Å²) >= 11 is 0. The number of anilines is 2. The summed E-state index contributed by atoms with van der Waals surface area (Å²) in [5, 5.41) is 2.70. The van der Waals surface area contributed by atoms with Gasteiger partial charge in [-0.2, -0.15) is 0 Å². The first-order valence-corrected chi connectivity index (χ1v) is 10.2. The second-order valence-electron chi connectivity index (χ2n) is 6.98. The highest BCUT2D eigenvalue weighted by Crippen LogP contribution is 2.37. The number of amides is 1. The number of nitrogens with zero attached hydrogens (tertiary/aromatic N) is 1. The van der Waals surface area contributed by atoms with Crippen LogP contribution < -0.4 is 9.62 Å². The number of benzene rings is 2. The summed E-state index contributed by atoms with van der Waals surface area (Å²) in [5.41, 5.74) is 2.38. The zero-order valence-corrected chi connectivity index (χ0v) is 16.1. The van der Waals surface area contributed by atoms with Gasteiger partial charge in [-0.25, -0.2) is 8.42 Å². The summed E-state index contributed by atoms with van der Waals surface area (Å²) in [4.78, 5) is 11.5. The minimum absolute atomic E-state index is 0.00334. The Balaban J connectivity index is 1.92. The highest BCUT2D eigenvalue weighted by Gasteiger charge is 2.38. The molecule has 26 heavy (non-hydrogen) atoms. The molecule has 1 amide bonds. The van der Waals surface area contributed by atoms with E-state index in [-0.39, 0.29) is 11.9 Å². The highest BCUT2D eigenvalue weighted by molar-refractivity contribution is 7.92. The van der Waals surface area contributed by atoms with E-state index in [1.165, 1.54) is 11.2 Å². The molecule has 1 aliphatic carbocycles. The molecule has 1 fully saturated rings. The summed E-state index contributed by atoms with van der Waals surface area (Å²) in [7, 11) is -3.62. The Morgan fingerprint density at radius 3 is 2.08 bits per heavy atom. The van der Waals surface area contributed by atoms with Gasteiger partial charge in [-0.1, -0.05) is 26.0 Å². The Hall–Kier alpha value is -2.34. The number of carbonyl (C=O) groups is 1. The first kappa shape index (κ1) is 18.5. The lowest BCUT2D eigenvalue weighted by molar-refractivity contribution is -0.114. The van der Waals surface area contributed by atoms with Gasteiger partial charge in [0.05, 0.1) is 10.6 Å². The quantitative estimate of drug-likeness (QED) is 0.829. The van der Waals surface area contributed by atoms with Crippen LogP contribution >= 0.6 is 0 Å².